The first-order valence-electron chi connectivity index (χ1n) is 7.67. The van der Waals surface area contributed by atoms with Crippen LogP contribution in [0, 0.1) is 19.8 Å². The van der Waals surface area contributed by atoms with E-state index >= 15 is 0 Å². The molecule has 1 aromatic rings. The Kier molecular flexibility index (Phi) is 5.44. The van der Waals surface area contributed by atoms with Gasteiger partial charge in [0, 0.05) is 12.6 Å². The average Bonchev–Trinajstić information content (AvgIpc) is 2.83. The standard InChI is InChI=1S/C17H27NO2/c1-12-7-8-14(3)17(9-12)20-11-15(19)10-18-16-6-4-5-13(16)2/h7-9,13,15-16,18-19H,4-6,10-11H2,1-3H3. The highest BCUT2D eigenvalue weighted by molar-refractivity contribution is 5.35. The van der Waals surface area contributed by atoms with Gasteiger partial charge in [-0.15, -0.1) is 0 Å². The molecular weight excluding hydrogens is 250 g/mol. The maximum Gasteiger partial charge on any atom is 0.122 e. The average molecular weight is 277 g/mol. The van der Waals surface area contributed by atoms with Crippen molar-refractivity contribution in [2.75, 3.05) is 13.2 Å². The lowest BCUT2D eigenvalue weighted by molar-refractivity contribution is 0.102. The second-order valence-corrected chi connectivity index (χ2v) is 6.16. The molecule has 0 aromatic heterocycles. The zero-order valence-corrected chi connectivity index (χ0v) is 12.9. The zero-order chi connectivity index (χ0) is 14.5. The van der Waals surface area contributed by atoms with Crippen molar-refractivity contribution < 1.29 is 9.84 Å². The topological polar surface area (TPSA) is 41.5 Å². The summed E-state index contributed by atoms with van der Waals surface area (Å²) < 4.78 is 5.73. The van der Waals surface area contributed by atoms with E-state index < -0.39 is 6.10 Å². The van der Waals surface area contributed by atoms with Gasteiger partial charge in [0.25, 0.3) is 0 Å². The molecule has 0 radical (unpaired) electrons. The molecule has 0 saturated heterocycles. The van der Waals surface area contributed by atoms with Crippen LogP contribution in [-0.2, 0) is 0 Å². The Morgan fingerprint density at radius 3 is 2.85 bits per heavy atom. The third-order valence-corrected chi connectivity index (χ3v) is 4.25. The first kappa shape index (κ1) is 15.3. The lowest BCUT2D eigenvalue weighted by Gasteiger charge is -2.20. The maximum atomic E-state index is 10.0. The summed E-state index contributed by atoms with van der Waals surface area (Å²) in [5.41, 5.74) is 2.29. The smallest absolute Gasteiger partial charge is 0.122 e. The van der Waals surface area contributed by atoms with Crippen molar-refractivity contribution in [1.29, 1.82) is 0 Å². The lowest BCUT2D eigenvalue weighted by Crippen LogP contribution is -2.39. The van der Waals surface area contributed by atoms with E-state index in [1.165, 1.54) is 24.8 Å². The zero-order valence-electron chi connectivity index (χ0n) is 12.9. The molecule has 1 aliphatic carbocycles. The molecule has 112 valence electrons. The number of aliphatic hydroxyl groups excluding tert-OH is 1. The van der Waals surface area contributed by atoms with Crippen LogP contribution in [0.4, 0.5) is 0 Å². The van der Waals surface area contributed by atoms with E-state index in [0.29, 0.717) is 19.2 Å². The first-order valence-corrected chi connectivity index (χ1v) is 7.67. The molecule has 3 heteroatoms. The Balaban J connectivity index is 1.74. The number of hydrogen-bond acceptors (Lipinski definition) is 3. The SMILES string of the molecule is Cc1ccc(C)c(OCC(O)CNC2CCCC2C)c1. The minimum Gasteiger partial charge on any atom is -0.491 e. The number of aryl methyl sites for hydroxylation is 2. The molecular formula is C17H27NO2. The summed E-state index contributed by atoms with van der Waals surface area (Å²) in [6.07, 6.45) is 3.37. The van der Waals surface area contributed by atoms with Crippen LogP contribution in [-0.4, -0.2) is 30.4 Å². The molecule has 2 N–H and O–H groups in total. The Bertz CT molecular complexity index is 433. The van der Waals surface area contributed by atoms with Gasteiger partial charge in [-0.2, -0.15) is 0 Å². The minimum absolute atomic E-state index is 0.346. The molecule has 20 heavy (non-hydrogen) atoms. The van der Waals surface area contributed by atoms with E-state index in [9.17, 15) is 5.11 Å². The van der Waals surface area contributed by atoms with Gasteiger partial charge >= 0.3 is 0 Å². The molecule has 3 unspecified atom stereocenters. The normalized spacial score (nSPS) is 23.8. The summed E-state index contributed by atoms with van der Waals surface area (Å²) in [4.78, 5) is 0. The second-order valence-electron chi connectivity index (χ2n) is 6.16. The fraction of sp³-hybridized carbons (Fsp3) is 0.647. The highest BCUT2D eigenvalue weighted by Crippen LogP contribution is 2.24. The van der Waals surface area contributed by atoms with E-state index in [1.807, 2.05) is 19.9 Å². The summed E-state index contributed by atoms with van der Waals surface area (Å²) in [7, 11) is 0. The van der Waals surface area contributed by atoms with Crippen molar-refractivity contribution in [3.8, 4) is 5.75 Å². The van der Waals surface area contributed by atoms with Gasteiger partial charge in [-0.25, -0.2) is 0 Å². The van der Waals surface area contributed by atoms with Crippen LogP contribution in [0.15, 0.2) is 18.2 Å². The van der Waals surface area contributed by atoms with Crippen LogP contribution in [0.5, 0.6) is 5.75 Å². The summed E-state index contributed by atoms with van der Waals surface area (Å²) in [5.74, 6) is 1.60. The van der Waals surface area contributed by atoms with Crippen molar-refractivity contribution in [2.24, 2.45) is 5.92 Å². The summed E-state index contributed by atoms with van der Waals surface area (Å²) in [6, 6.07) is 6.71. The van der Waals surface area contributed by atoms with E-state index in [1.54, 1.807) is 0 Å². The summed E-state index contributed by atoms with van der Waals surface area (Å²) in [5, 5.41) is 13.5. The quantitative estimate of drug-likeness (QED) is 0.840. The predicted molar refractivity (Wildman–Crippen MR) is 82.2 cm³/mol. The third-order valence-electron chi connectivity index (χ3n) is 4.25. The number of nitrogens with one attached hydrogen (secondary N) is 1. The summed E-state index contributed by atoms with van der Waals surface area (Å²) >= 11 is 0. The Hall–Kier alpha value is -1.06. The van der Waals surface area contributed by atoms with Crippen molar-refractivity contribution in [3.63, 3.8) is 0 Å². The largest absolute Gasteiger partial charge is 0.491 e. The van der Waals surface area contributed by atoms with Crippen molar-refractivity contribution in [1.82, 2.24) is 5.32 Å². The molecule has 1 saturated carbocycles. The highest BCUT2D eigenvalue weighted by Gasteiger charge is 2.23. The summed E-state index contributed by atoms with van der Waals surface area (Å²) in [6.45, 7) is 7.31. The molecule has 3 nitrogen and oxygen atoms in total. The van der Waals surface area contributed by atoms with Crippen LogP contribution in [0.3, 0.4) is 0 Å². The van der Waals surface area contributed by atoms with Gasteiger partial charge in [-0.1, -0.05) is 25.5 Å². The molecule has 3 atom stereocenters. The van der Waals surface area contributed by atoms with E-state index in [2.05, 4.69) is 24.4 Å². The van der Waals surface area contributed by atoms with Crippen molar-refractivity contribution >= 4 is 0 Å². The Morgan fingerprint density at radius 1 is 1.35 bits per heavy atom. The van der Waals surface area contributed by atoms with Gasteiger partial charge in [0.15, 0.2) is 0 Å². The molecule has 0 amide bonds. The third kappa shape index (κ3) is 4.22. The van der Waals surface area contributed by atoms with Gasteiger partial charge in [-0.05, 0) is 49.8 Å². The first-order chi connectivity index (χ1) is 9.56. The molecule has 0 bridgehead atoms. The fourth-order valence-corrected chi connectivity index (χ4v) is 2.84. The number of hydrogen-bond donors (Lipinski definition) is 2. The Morgan fingerprint density at radius 2 is 2.15 bits per heavy atom. The fourth-order valence-electron chi connectivity index (χ4n) is 2.84. The van der Waals surface area contributed by atoms with Crippen molar-refractivity contribution in [2.45, 2.75) is 52.2 Å². The molecule has 0 heterocycles. The van der Waals surface area contributed by atoms with Crippen LogP contribution in [0.2, 0.25) is 0 Å². The van der Waals surface area contributed by atoms with Crippen LogP contribution in [0.1, 0.15) is 37.3 Å². The Labute approximate surface area is 122 Å². The highest BCUT2D eigenvalue weighted by atomic mass is 16.5. The number of ether oxygens (including phenoxy) is 1. The van der Waals surface area contributed by atoms with Crippen molar-refractivity contribution in [3.05, 3.63) is 29.3 Å². The van der Waals surface area contributed by atoms with E-state index in [0.717, 1.165) is 17.2 Å². The number of aliphatic hydroxyl groups is 1. The van der Waals surface area contributed by atoms with Crippen LogP contribution < -0.4 is 10.1 Å². The second kappa shape index (κ2) is 7.09. The number of benzene rings is 1. The van der Waals surface area contributed by atoms with Crippen LogP contribution >= 0.6 is 0 Å². The molecule has 1 aliphatic rings. The minimum atomic E-state index is -0.456. The van der Waals surface area contributed by atoms with Crippen LogP contribution in [0.25, 0.3) is 0 Å². The van der Waals surface area contributed by atoms with Gasteiger partial charge < -0.3 is 15.2 Å². The monoisotopic (exact) mass is 277 g/mol. The molecule has 2 rings (SSSR count). The predicted octanol–water partition coefficient (Wildman–Crippen LogP) is 2.82. The van der Waals surface area contributed by atoms with Gasteiger partial charge in [0.05, 0.1) is 0 Å². The van der Waals surface area contributed by atoms with Gasteiger partial charge in [0.1, 0.15) is 18.5 Å². The molecule has 0 spiro atoms. The molecule has 1 fully saturated rings. The van der Waals surface area contributed by atoms with Gasteiger partial charge in [0.2, 0.25) is 0 Å². The maximum absolute atomic E-state index is 10.0. The molecule has 1 aromatic carbocycles. The van der Waals surface area contributed by atoms with Gasteiger partial charge in [-0.3, -0.25) is 0 Å². The lowest BCUT2D eigenvalue weighted by atomic mass is 10.1. The number of rotatable bonds is 6. The van der Waals surface area contributed by atoms with E-state index in [4.69, 9.17) is 4.74 Å². The van der Waals surface area contributed by atoms with E-state index in [-0.39, 0.29) is 0 Å². The molecule has 0 aliphatic heterocycles.